The lowest BCUT2D eigenvalue weighted by Crippen LogP contribution is -2.59. The molecule has 1 aromatic carbocycles. The van der Waals surface area contributed by atoms with Gasteiger partial charge in [0.05, 0.1) is 11.4 Å². The predicted molar refractivity (Wildman–Crippen MR) is 108 cm³/mol. The number of allylic oxidation sites excluding steroid dienone is 1. The normalized spacial score (nSPS) is 21.3. The molecular weight excluding hydrogens is 323 g/mol. The van der Waals surface area contributed by atoms with Crippen LogP contribution in [0.25, 0.3) is 17.2 Å². The van der Waals surface area contributed by atoms with E-state index >= 15 is 0 Å². The number of nitrogens with zero attached hydrogens (tertiary/aromatic N) is 4. The first-order chi connectivity index (χ1) is 13.8. The Bertz CT molecular complexity index is 1140. The molecule has 3 aromatic rings. The molecule has 0 amide bonds. The monoisotopic (exact) mass is 347 g/mol. The first-order valence-electron chi connectivity index (χ1n) is 10.3. The minimum atomic E-state index is -2.24. The van der Waals surface area contributed by atoms with Crippen LogP contribution in [0.4, 0.5) is 11.4 Å². The zero-order valence-electron chi connectivity index (χ0n) is 18.0. The lowest BCUT2D eigenvalue weighted by Gasteiger charge is -2.43. The summed E-state index contributed by atoms with van der Waals surface area (Å²) < 4.78 is 30.3. The number of pyridine rings is 1. The van der Waals surface area contributed by atoms with Crippen molar-refractivity contribution in [2.24, 2.45) is 0 Å². The van der Waals surface area contributed by atoms with Crippen molar-refractivity contribution in [1.82, 2.24) is 9.90 Å². The van der Waals surface area contributed by atoms with Crippen molar-refractivity contribution >= 4 is 41.1 Å². The fourth-order valence-corrected chi connectivity index (χ4v) is 4.15. The van der Waals surface area contributed by atoms with Crippen molar-refractivity contribution in [1.29, 1.82) is 0 Å². The molecule has 0 saturated carbocycles. The molecule has 4 heterocycles. The van der Waals surface area contributed by atoms with Gasteiger partial charge in [0.2, 0.25) is 5.71 Å². The van der Waals surface area contributed by atoms with Crippen LogP contribution in [0.3, 0.4) is 0 Å². The van der Waals surface area contributed by atoms with Crippen LogP contribution in [0, 0.1) is 0 Å². The Morgan fingerprint density at radius 3 is 2.81 bits per heavy atom. The maximum Gasteiger partial charge on any atom is 0.353 e. The number of hydrazine groups is 1. The molecule has 0 N–H and O–H groups in total. The first-order valence-corrected chi connectivity index (χ1v) is 8.81. The van der Waals surface area contributed by atoms with Gasteiger partial charge in [-0.25, -0.2) is 4.98 Å². The van der Waals surface area contributed by atoms with E-state index in [0.717, 1.165) is 28.0 Å². The highest BCUT2D eigenvalue weighted by molar-refractivity contribution is 6.70. The number of rotatable bonds is 1. The number of furan rings is 1. The average Bonchev–Trinajstić information content (AvgIpc) is 3.17. The number of benzene rings is 1. The minimum absolute atomic E-state index is 0.115. The lowest BCUT2D eigenvalue weighted by atomic mass is 9.58. The largest absolute Gasteiger partial charge is 0.450 e. The SMILES string of the molecule is [2H]C([2H])([2H])N1c2ccccc2N(N2B(C)c3oc4ncccc4c3C=C2C)[C@H]1C. The highest BCUT2D eigenvalue weighted by atomic mass is 16.3. The summed E-state index contributed by atoms with van der Waals surface area (Å²) in [6.07, 6.45) is 3.44. The van der Waals surface area contributed by atoms with E-state index in [-0.39, 0.29) is 13.0 Å². The van der Waals surface area contributed by atoms with Gasteiger partial charge in [0, 0.05) is 33.9 Å². The minimum Gasteiger partial charge on any atom is -0.450 e. The van der Waals surface area contributed by atoms with Gasteiger partial charge in [-0.3, -0.25) is 5.01 Å². The smallest absolute Gasteiger partial charge is 0.353 e. The molecule has 26 heavy (non-hydrogen) atoms. The van der Waals surface area contributed by atoms with Crippen LogP contribution < -0.4 is 15.6 Å². The van der Waals surface area contributed by atoms with E-state index < -0.39 is 6.98 Å². The Kier molecular flexibility index (Phi) is 2.54. The predicted octanol–water partition coefficient (Wildman–Crippen LogP) is 3.55. The third kappa shape index (κ3) is 1.90. The summed E-state index contributed by atoms with van der Waals surface area (Å²) >= 11 is 0. The molecular formula is C20H21BN4O. The summed E-state index contributed by atoms with van der Waals surface area (Å²) in [6, 6.07) is 11.6. The van der Waals surface area contributed by atoms with Crippen LogP contribution in [0.5, 0.6) is 0 Å². The van der Waals surface area contributed by atoms with Gasteiger partial charge < -0.3 is 14.2 Å². The van der Waals surface area contributed by atoms with E-state index in [0.29, 0.717) is 11.4 Å². The summed E-state index contributed by atoms with van der Waals surface area (Å²) in [4.78, 5) is 7.98. The summed E-state index contributed by atoms with van der Waals surface area (Å²) in [5.74, 6) is 0. The molecule has 6 heteroatoms. The van der Waals surface area contributed by atoms with E-state index in [1.54, 1.807) is 6.20 Å². The van der Waals surface area contributed by atoms with Gasteiger partial charge in [-0.1, -0.05) is 19.0 Å². The first kappa shape index (κ1) is 12.5. The highest BCUT2D eigenvalue weighted by Gasteiger charge is 2.41. The number of anilines is 2. The van der Waals surface area contributed by atoms with Crippen LogP contribution in [0.1, 0.15) is 23.5 Å². The number of aromatic nitrogens is 1. The molecule has 0 radical (unpaired) electrons. The zero-order chi connectivity index (χ0) is 20.5. The number of hydrogen-bond acceptors (Lipinski definition) is 5. The van der Waals surface area contributed by atoms with Crippen molar-refractivity contribution in [2.45, 2.75) is 26.8 Å². The molecule has 0 fully saturated rings. The van der Waals surface area contributed by atoms with Crippen molar-refractivity contribution < 1.29 is 8.53 Å². The van der Waals surface area contributed by atoms with E-state index in [9.17, 15) is 0 Å². The lowest BCUT2D eigenvalue weighted by molar-refractivity contribution is 0.435. The van der Waals surface area contributed by atoms with Crippen LogP contribution in [0.2, 0.25) is 6.82 Å². The molecule has 5 nitrogen and oxygen atoms in total. The van der Waals surface area contributed by atoms with E-state index in [4.69, 9.17) is 8.53 Å². The van der Waals surface area contributed by atoms with Crippen LogP contribution >= 0.6 is 0 Å². The number of fused-ring (bicyclic) bond motifs is 4. The summed E-state index contributed by atoms with van der Waals surface area (Å²) in [5, 5.41) is 3.05. The molecule has 130 valence electrons. The van der Waals surface area contributed by atoms with Gasteiger partial charge in [-0.15, -0.1) is 0 Å². The summed E-state index contributed by atoms with van der Waals surface area (Å²) in [6.45, 7) is 3.68. The fraction of sp³-hybridized carbons (Fsp3) is 0.250. The van der Waals surface area contributed by atoms with Crippen molar-refractivity contribution in [3.8, 4) is 0 Å². The molecule has 2 aliphatic heterocycles. The van der Waals surface area contributed by atoms with Crippen LogP contribution in [-0.4, -0.2) is 29.9 Å². The van der Waals surface area contributed by atoms with Crippen LogP contribution in [-0.2, 0) is 0 Å². The highest BCUT2D eigenvalue weighted by Crippen LogP contribution is 2.41. The second-order valence-electron chi connectivity index (χ2n) is 6.88. The zero-order valence-corrected chi connectivity index (χ0v) is 15.0. The van der Waals surface area contributed by atoms with Gasteiger partial charge >= 0.3 is 6.85 Å². The standard InChI is InChI=1S/C20H21BN4O/c1-13-12-16-15-8-7-11-22-20(15)26-19(16)21(3)25(13)24-14(2)23(4)17-9-5-6-10-18(17)24/h5-12,14H,1-4H3/t14-/m0/s1/i4D3. The summed E-state index contributed by atoms with van der Waals surface area (Å²) in [7, 11) is 0. The van der Waals surface area contributed by atoms with Crippen LogP contribution in [0.15, 0.2) is 52.7 Å². The number of para-hydroxylation sites is 2. The quantitative estimate of drug-likeness (QED) is 0.629. The van der Waals surface area contributed by atoms with Gasteiger partial charge in [-0.05, 0) is 44.2 Å². The topological polar surface area (TPSA) is 35.8 Å². The van der Waals surface area contributed by atoms with E-state index in [1.165, 1.54) is 4.90 Å². The third-order valence-electron chi connectivity index (χ3n) is 5.34. The molecule has 2 aliphatic rings. The Hall–Kier alpha value is -2.89. The molecule has 0 saturated heterocycles. The molecule has 0 aliphatic carbocycles. The molecule has 5 rings (SSSR count). The molecule has 0 spiro atoms. The van der Waals surface area contributed by atoms with Gasteiger partial charge in [0.15, 0.2) is 0 Å². The van der Waals surface area contributed by atoms with Gasteiger partial charge in [0.1, 0.15) is 11.8 Å². The molecule has 1 atom stereocenters. The van der Waals surface area contributed by atoms with Gasteiger partial charge in [-0.2, -0.15) is 0 Å². The Morgan fingerprint density at radius 2 is 2.00 bits per heavy atom. The maximum absolute atomic E-state index is 8.06. The fourth-order valence-electron chi connectivity index (χ4n) is 4.15. The molecule has 0 bridgehead atoms. The third-order valence-corrected chi connectivity index (χ3v) is 5.34. The number of hydrogen-bond donors (Lipinski definition) is 0. The Balaban J connectivity index is 1.65. The van der Waals surface area contributed by atoms with Crippen molar-refractivity contribution in [2.75, 3.05) is 16.9 Å². The summed E-state index contributed by atoms with van der Waals surface area (Å²) in [5.41, 5.74) is 5.09. The Labute approximate surface area is 157 Å². The second-order valence-corrected chi connectivity index (χ2v) is 6.88. The van der Waals surface area contributed by atoms with Gasteiger partial charge in [0.25, 0.3) is 0 Å². The van der Waals surface area contributed by atoms with E-state index in [1.807, 2.05) is 50.2 Å². The Morgan fingerprint density at radius 1 is 1.19 bits per heavy atom. The average molecular weight is 347 g/mol. The molecule has 0 unspecified atom stereocenters. The maximum atomic E-state index is 8.06. The van der Waals surface area contributed by atoms with Crippen molar-refractivity contribution in [3.63, 3.8) is 0 Å². The van der Waals surface area contributed by atoms with E-state index in [2.05, 4.69) is 27.8 Å². The molecule has 2 aromatic heterocycles. The van der Waals surface area contributed by atoms with Crippen molar-refractivity contribution in [3.05, 3.63) is 53.9 Å². The second kappa shape index (κ2) is 5.30.